The molecule has 2 aromatic rings. The van der Waals surface area contributed by atoms with Gasteiger partial charge in [0, 0.05) is 11.4 Å². The van der Waals surface area contributed by atoms with Crippen molar-refractivity contribution in [3.05, 3.63) is 59.2 Å². The molecule has 0 aliphatic carbocycles. The molecule has 0 unspecified atom stereocenters. The van der Waals surface area contributed by atoms with Gasteiger partial charge in [0.05, 0.1) is 11.1 Å². The van der Waals surface area contributed by atoms with E-state index in [0.29, 0.717) is 16.9 Å². The molecule has 5 nitrogen and oxygen atoms in total. The Hall–Kier alpha value is -2.82. The van der Waals surface area contributed by atoms with Crippen LogP contribution < -0.4 is 11.1 Å². The zero-order valence-electron chi connectivity index (χ0n) is 10.9. The quantitative estimate of drug-likeness (QED) is 0.747. The van der Waals surface area contributed by atoms with E-state index in [4.69, 9.17) is 10.8 Å². The lowest BCUT2D eigenvalue weighted by atomic mass is 10.1. The van der Waals surface area contributed by atoms with Gasteiger partial charge < -0.3 is 16.2 Å². The number of carbonyl (C=O) groups is 2. The van der Waals surface area contributed by atoms with Crippen molar-refractivity contribution in [2.75, 3.05) is 11.1 Å². The molecule has 0 fully saturated rings. The number of nitrogen functional groups attached to an aromatic ring is 1. The van der Waals surface area contributed by atoms with Crippen LogP contribution in [-0.4, -0.2) is 17.0 Å². The molecule has 0 saturated carbocycles. The van der Waals surface area contributed by atoms with Gasteiger partial charge in [-0.25, -0.2) is 4.79 Å². The number of hydrogen-bond acceptors (Lipinski definition) is 3. The van der Waals surface area contributed by atoms with Crippen LogP contribution in [0.3, 0.4) is 0 Å². The van der Waals surface area contributed by atoms with Gasteiger partial charge in [-0.05, 0) is 36.8 Å². The summed E-state index contributed by atoms with van der Waals surface area (Å²) in [6, 6.07) is 11.3. The molecule has 102 valence electrons. The fourth-order valence-corrected chi connectivity index (χ4v) is 1.78. The van der Waals surface area contributed by atoms with Crippen molar-refractivity contribution >= 4 is 23.3 Å². The molecule has 0 spiro atoms. The Balaban J connectivity index is 2.30. The van der Waals surface area contributed by atoms with Crippen LogP contribution in [0.25, 0.3) is 0 Å². The summed E-state index contributed by atoms with van der Waals surface area (Å²) in [7, 11) is 0. The fourth-order valence-electron chi connectivity index (χ4n) is 1.78. The lowest BCUT2D eigenvalue weighted by Gasteiger charge is -2.10. The molecule has 0 atom stereocenters. The van der Waals surface area contributed by atoms with E-state index in [9.17, 15) is 9.59 Å². The van der Waals surface area contributed by atoms with Crippen molar-refractivity contribution in [1.29, 1.82) is 0 Å². The highest BCUT2D eigenvalue weighted by Gasteiger charge is 2.12. The summed E-state index contributed by atoms with van der Waals surface area (Å²) >= 11 is 0. The largest absolute Gasteiger partial charge is 0.478 e. The first-order valence-electron chi connectivity index (χ1n) is 5.99. The van der Waals surface area contributed by atoms with E-state index in [-0.39, 0.29) is 11.5 Å². The summed E-state index contributed by atoms with van der Waals surface area (Å²) in [5.74, 6) is -1.41. The molecule has 0 aliphatic heterocycles. The second-order valence-corrected chi connectivity index (χ2v) is 4.38. The topological polar surface area (TPSA) is 92.4 Å². The van der Waals surface area contributed by atoms with Gasteiger partial charge in [-0.1, -0.05) is 18.2 Å². The standard InChI is InChI=1S/C15H14N2O3/c1-9-6-7-10(15(19)20)8-13(9)17-14(18)11-4-2-3-5-12(11)16/h2-8H,16H2,1H3,(H,17,18)(H,19,20). The maximum Gasteiger partial charge on any atom is 0.335 e. The smallest absolute Gasteiger partial charge is 0.335 e. The Morgan fingerprint density at radius 2 is 1.85 bits per heavy atom. The van der Waals surface area contributed by atoms with Gasteiger partial charge in [0.15, 0.2) is 0 Å². The average Bonchev–Trinajstić information content (AvgIpc) is 2.41. The molecule has 20 heavy (non-hydrogen) atoms. The number of carbonyl (C=O) groups excluding carboxylic acids is 1. The number of benzene rings is 2. The van der Waals surface area contributed by atoms with Crippen LogP contribution in [0.4, 0.5) is 11.4 Å². The van der Waals surface area contributed by atoms with Crippen LogP contribution in [-0.2, 0) is 0 Å². The summed E-state index contributed by atoms with van der Waals surface area (Å²) in [5.41, 5.74) is 7.81. The second kappa shape index (κ2) is 5.44. The van der Waals surface area contributed by atoms with Crippen LogP contribution in [0, 0.1) is 6.92 Å². The predicted octanol–water partition coefficient (Wildman–Crippen LogP) is 2.53. The first-order valence-corrected chi connectivity index (χ1v) is 5.99. The van der Waals surface area contributed by atoms with E-state index in [2.05, 4.69) is 5.32 Å². The fraction of sp³-hybridized carbons (Fsp3) is 0.0667. The van der Waals surface area contributed by atoms with Gasteiger partial charge in [0.2, 0.25) is 0 Å². The number of nitrogens with one attached hydrogen (secondary N) is 1. The number of carboxylic acids is 1. The number of aromatic carboxylic acids is 1. The Bertz CT molecular complexity index is 681. The Morgan fingerprint density at radius 1 is 1.15 bits per heavy atom. The average molecular weight is 270 g/mol. The van der Waals surface area contributed by atoms with Gasteiger partial charge in [0.25, 0.3) is 5.91 Å². The summed E-state index contributed by atoms with van der Waals surface area (Å²) in [4.78, 5) is 23.1. The zero-order valence-corrected chi connectivity index (χ0v) is 10.9. The third-order valence-corrected chi connectivity index (χ3v) is 2.94. The van der Waals surface area contributed by atoms with Crippen molar-refractivity contribution < 1.29 is 14.7 Å². The highest BCUT2D eigenvalue weighted by Crippen LogP contribution is 2.19. The molecule has 5 heteroatoms. The predicted molar refractivity (Wildman–Crippen MR) is 76.9 cm³/mol. The van der Waals surface area contributed by atoms with E-state index in [1.54, 1.807) is 37.3 Å². The van der Waals surface area contributed by atoms with Gasteiger partial charge in [-0.3, -0.25) is 4.79 Å². The number of rotatable bonds is 3. The lowest BCUT2D eigenvalue weighted by Crippen LogP contribution is -2.15. The van der Waals surface area contributed by atoms with E-state index < -0.39 is 5.97 Å². The van der Waals surface area contributed by atoms with Gasteiger partial charge in [-0.2, -0.15) is 0 Å². The van der Waals surface area contributed by atoms with E-state index >= 15 is 0 Å². The normalized spacial score (nSPS) is 10.1. The molecule has 0 aliphatic rings. The van der Waals surface area contributed by atoms with Crippen molar-refractivity contribution in [3.63, 3.8) is 0 Å². The molecular weight excluding hydrogens is 256 g/mol. The molecule has 1 amide bonds. The van der Waals surface area contributed by atoms with Gasteiger partial charge >= 0.3 is 5.97 Å². The number of anilines is 2. The maximum atomic E-state index is 12.1. The summed E-state index contributed by atoms with van der Waals surface area (Å²) in [6.07, 6.45) is 0. The minimum Gasteiger partial charge on any atom is -0.478 e. The molecule has 2 rings (SSSR count). The van der Waals surface area contributed by atoms with Crippen molar-refractivity contribution in [1.82, 2.24) is 0 Å². The monoisotopic (exact) mass is 270 g/mol. The first-order chi connectivity index (χ1) is 9.49. The molecule has 4 N–H and O–H groups in total. The Morgan fingerprint density at radius 3 is 2.50 bits per heavy atom. The van der Waals surface area contributed by atoms with Gasteiger partial charge in [-0.15, -0.1) is 0 Å². The summed E-state index contributed by atoms with van der Waals surface area (Å²) < 4.78 is 0. The number of carboxylic acid groups (broad SMARTS) is 1. The van der Waals surface area contributed by atoms with Crippen molar-refractivity contribution in [3.8, 4) is 0 Å². The van der Waals surface area contributed by atoms with Gasteiger partial charge in [0.1, 0.15) is 0 Å². The van der Waals surface area contributed by atoms with Crippen LogP contribution in [0.2, 0.25) is 0 Å². The van der Waals surface area contributed by atoms with E-state index in [1.165, 1.54) is 12.1 Å². The molecule has 0 heterocycles. The SMILES string of the molecule is Cc1ccc(C(=O)O)cc1NC(=O)c1ccccc1N. The third kappa shape index (κ3) is 2.77. The molecule has 0 radical (unpaired) electrons. The van der Waals surface area contributed by atoms with Crippen LogP contribution in [0.1, 0.15) is 26.3 Å². The van der Waals surface area contributed by atoms with Crippen molar-refractivity contribution in [2.45, 2.75) is 6.92 Å². The van der Waals surface area contributed by atoms with Crippen molar-refractivity contribution in [2.24, 2.45) is 0 Å². The number of hydrogen-bond donors (Lipinski definition) is 3. The molecule has 0 saturated heterocycles. The number of nitrogens with two attached hydrogens (primary N) is 1. The second-order valence-electron chi connectivity index (χ2n) is 4.38. The summed E-state index contributed by atoms with van der Waals surface area (Å²) in [5, 5.41) is 11.6. The first kappa shape index (κ1) is 13.6. The minimum absolute atomic E-state index is 0.118. The van der Waals surface area contributed by atoms with E-state index in [0.717, 1.165) is 5.56 Å². The van der Waals surface area contributed by atoms with Crippen LogP contribution in [0.15, 0.2) is 42.5 Å². The van der Waals surface area contributed by atoms with E-state index in [1.807, 2.05) is 0 Å². The molecular formula is C15H14N2O3. The number of aryl methyl sites for hydroxylation is 1. The molecule has 2 aromatic carbocycles. The Kier molecular flexibility index (Phi) is 3.70. The number of para-hydroxylation sites is 1. The Labute approximate surface area is 116 Å². The minimum atomic E-state index is -1.04. The molecule has 0 aromatic heterocycles. The van der Waals surface area contributed by atoms with Crippen LogP contribution in [0.5, 0.6) is 0 Å². The highest BCUT2D eigenvalue weighted by molar-refractivity contribution is 6.08. The van der Waals surface area contributed by atoms with Crippen LogP contribution >= 0.6 is 0 Å². The number of amides is 1. The third-order valence-electron chi connectivity index (χ3n) is 2.94. The molecule has 0 bridgehead atoms. The highest BCUT2D eigenvalue weighted by atomic mass is 16.4. The maximum absolute atomic E-state index is 12.1. The summed E-state index contributed by atoms with van der Waals surface area (Å²) in [6.45, 7) is 1.79. The zero-order chi connectivity index (χ0) is 14.7. The lowest BCUT2D eigenvalue weighted by molar-refractivity contribution is 0.0696.